The van der Waals surface area contributed by atoms with Gasteiger partial charge in [0.2, 0.25) is 10.0 Å². The van der Waals surface area contributed by atoms with E-state index in [0.717, 1.165) is 24.8 Å². The number of anilines is 1. The number of hydrogen-bond donors (Lipinski definition) is 2. The highest BCUT2D eigenvalue weighted by molar-refractivity contribution is 7.89. The molecule has 1 saturated heterocycles. The van der Waals surface area contributed by atoms with Gasteiger partial charge in [0.15, 0.2) is 5.11 Å². The van der Waals surface area contributed by atoms with Crippen molar-refractivity contribution >= 4 is 33.0 Å². The molecule has 6 nitrogen and oxygen atoms in total. The van der Waals surface area contributed by atoms with Gasteiger partial charge in [-0.05, 0) is 56.6 Å². The summed E-state index contributed by atoms with van der Waals surface area (Å²) in [5.41, 5.74) is 1.39. The molecule has 140 valence electrons. The maximum atomic E-state index is 12.9. The van der Waals surface area contributed by atoms with Gasteiger partial charge in [0.05, 0.1) is 11.5 Å². The summed E-state index contributed by atoms with van der Waals surface area (Å²) in [6.45, 7) is 5.49. The molecule has 2 rings (SSSR count). The van der Waals surface area contributed by atoms with Crippen LogP contribution in [0.1, 0.15) is 31.7 Å². The first-order valence-electron chi connectivity index (χ1n) is 8.52. The number of aryl methyl sites for hydroxylation is 1. The van der Waals surface area contributed by atoms with Gasteiger partial charge in [0.1, 0.15) is 0 Å². The second-order valence-corrected chi connectivity index (χ2v) is 8.71. The molecule has 1 unspecified atom stereocenters. The maximum absolute atomic E-state index is 12.9. The quantitative estimate of drug-likeness (QED) is 0.733. The predicted octanol–water partition coefficient (Wildman–Crippen LogP) is 2.49. The van der Waals surface area contributed by atoms with Crippen molar-refractivity contribution in [3.63, 3.8) is 0 Å². The molecule has 0 aliphatic carbocycles. The normalized spacial score (nSPS) is 17.1. The van der Waals surface area contributed by atoms with Crippen LogP contribution >= 0.6 is 12.2 Å². The maximum Gasteiger partial charge on any atom is 0.243 e. The van der Waals surface area contributed by atoms with Gasteiger partial charge in [-0.15, -0.1) is 0 Å². The van der Waals surface area contributed by atoms with Crippen LogP contribution in [0.4, 0.5) is 5.69 Å². The van der Waals surface area contributed by atoms with Gasteiger partial charge < -0.3 is 15.4 Å². The summed E-state index contributed by atoms with van der Waals surface area (Å²) < 4.78 is 32.5. The fourth-order valence-corrected chi connectivity index (χ4v) is 4.97. The summed E-state index contributed by atoms with van der Waals surface area (Å²) in [6, 6.07) is 5.36. The van der Waals surface area contributed by atoms with E-state index in [4.69, 9.17) is 17.0 Å². The lowest BCUT2D eigenvalue weighted by Crippen LogP contribution is -2.38. The standard InChI is InChI=1S/C17H27N3O3S2/c1-13-7-8-15(19-17(24)18-14(2)12-23-3)11-16(13)25(21,22)20-9-5-4-6-10-20/h7-8,11,14H,4-6,9-10,12H2,1-3H3,(H2,18,19,24). The molecule has 1 fully saturated rings. The molecule has 0 bridgehead atoms. The number of nitrogens with one attached hydrogen (secondary N) is 2. The first kappa shape index (κ1) is 20.1. The largest absolute Gasteiger partial charge is 0.383 e. The summed E-state index contributed by atoms with van der Waals surface area (Å²) in [4.78, 5) is 0.340. The number of piperidine rings is 1. The van der Waals surface area contributed by atoms with E-state index in [-0.39, 0.29) is 6.04 Å². The number of sulfonamides is 1. The van der Waals surface area contributed by atoms with Gasteiger partial charge in [-0.3, -0.25) is 0 Å². The minimum absolute atomic E-state index is 0.0620. The van der Waals surface area contributed by atoms with Gasteiger partial charge in [0.25, 0.3) is 0 Å². The molecule has 1 atom stereocenters. The van der Waals surface area contributed by atoms with Crippen molar-refractivity contribution < 1.29 is 13.2 Å². The van der Waals surface area contributed by atoms with Crippen LogP contribution in [0.2, 0.25) is 0 Å². The third kappa shape index (κ3) is 5.37. The van der Waals surface area contributed by atoms with Crippen molar-refractivity contribution in [3.8, 4) is 0 Å². The monoisotopic (exact) mass is 385 g/mol. The molecule has 0 aromatic heterocycles. The molecule has 1 heterocycles. The smallest absolute Gasteiger partial charge is 0.243 e. The second-order valence-electron chi connectivity index (χ2n) is 6.40. The van der Waals surface area contributed by atoms with Crippen LogP contribution < -0.4 is 10.6 Å². The third-order valence-electron chi connectivity index (χ3n) is 4.17. The van der Waals surface area contributed by atoms with Crippen LogP contribution in [0.3, 0.4) is 0 Å². The number of hydrogen-bond acceptors (Lipinski definition) is 4. The van der Waals surface area contributed by atoms with E-state index in [1.807, 2.05) is 19.9 Å². The highest BCUT2D eigenvalue weighted by atomic mass is 32.2. The molecule has 0 spiro atoms. The summed E-state index contributed by atoms with van der Waals surface area (Å²) >= 11 is 5.28. The van der Waals surface area contributed by atoms with Crippen LogP contribution in [0.15, 0.2) is 23.1 Å². The number of ether oxygens (including phenoxy) is 1. The number of rotatable bonds is 6. The van der Waals surface area contributed by atoms with Gasteiger partial charge in [0, 0.05) is 31.9 Å². The molecule has 1 aromatic rings. The van der Waals surface area contributed by atoms with Crippen LogP contribution in [-0.2, 0) is 14.8 Å². The summed E-state index contributed by atoms with van der Waals surface area (Å²) in [7, 11) is -1.84. The van der Waals surface area contributed by atoms with E-state index in [9.17, 15) is 8.42 Å². The topological polar surface area (TPSA) is 70.7 Å². The second kappa shape index (κ2) is 8.93. The Kier molecular flexibility index (Phi) is 7.18. The highest BCUT2D eigenvalue weighted by Gasteiger charge is 2.27. The summed E-state index contributed by atoms with van der Waals surface area (Å²) in [5.74, 6) is 0. The molecular weight excluding hydrogens is 358 g/mol. The molecular formula is C17H27N3O3S2. The van der Waals surface area contributed by atoms with E-state index in [1.54, 1.807) is 23.5 Å². The van der Waals surface area contributed by atoms with Gasteiger partial charge >= 0.3 is 0 Å². The lowest BCUT2D eigenvalue weighted by Gasteiger charge is -2.26. The third-order valence-corrected chi connectivity index (χ3v) is 6.43. The molecule has 1 aromatic carbocycles. The Hall–Kier alpha value is -1.22. The Morgan fingerprint density at radius 2 is 2.00 bits per heavy atom. The molecule has 1 aliphatic rings. The van der Waals surface area contributed by atoms with Crippen molar-refractivity contribution in [1.29, 1.82) is 0 Å². The van der Waals surface area contributed by atoms with E-state index < -0.39 is 10.0 Å². The van der Waals surface area contributed by atoms with Crippen LogP contribution in [0.25, 0.3) is 0 Å². The Balaban J connectivity index is 2.15. The first-order chi connectivity index (χ1) is 11.8. The molecule has 8 heteroatoms. The van der Waals surface area contributed by atoms with Crippen molar-refractivity contribution in [1.82, 2.24) is 9.62 Å². The molecule has 25 heavy (non-hydrogen) atoms. The average Bonchev–Trinajstić information content (AvgIpc) is 2.57. The molecule has 0 saturated carbocycles. The molecule has 0 radical (unpaired) electrons. The fraction of sp³-hybridized carbons (Fsp3) is 0.588. The molecule has 1 aliphatic heterocycles. The first-order valence-corrected chi connectivity index (χ1v) is 10.4. The van der Waals surface area contributed by atoms with Crippen molar-refractivity contribution in [2.45, 2.75) is 44.0 Å². The SMILES string of the molecule is COCC(C)NC(=S)Nc1ccc(C)c(S(=O)(=O)N2CCCCC2)c1. The van der Waals surface area contributed by atoms with E-state index in [2.05, 4.69) is 10.6 Å². The van der Waals surface area contributed by atoms with Crippen molar-refractivity contribution in [3.05, 3.63) is 23.8 Å². The van der Waals surface area contributed by atoms with Gasteiger partial charge in [-0.1, -0.05) is 12.5 Å². The van der Waals surface area contributed by atoms with E-state index in [0.29, 0.717) is 35.4 Å². The van der Waals surface area contributed by atoms with Crippen molar-refractivity contribution in [2.75, 3.05) is 32.1 Å². The Bertz CT molecular complexity index is 701. The van der Waals surface area contributed by atoms with Crippen LogP contribution in [-0.4, -0.2) is 50.7 Å². The van der Waals surface area contributed by atoms with Gasteiger partial charge in [-0.25, -0.2) is 8.42 Å². The highest BCUT2D eigenvalue weighted by Crippen LogP contribution is 2.26. The average molecular weight is 386 g/mol. The van der Waals surface area contributed by atoms with E-state index in [1.165, 1.54) is 0 Å². The lowest BCUT2D eigenvalue weighted by molar-refractivity contribution is 0.179. The van der Waals surface area contributed by atoms with E-state index >= 15 is 0 Å². The van der Waals surface area contributed by atoms with Crippen LogP contribution in [0.5, 0.6) is 0 Å². The Morgan fingerprint density at radius 1 is 1.32 bits per heavy atom. The zero-order valence-electron chi connectivity index (χ0n) is 15.0. The minimum atomic E-state index is -3.47. The number of benzene rings is 1. The fourth-order valence-electron chi connectivity index (χ4n) is 2.88. The molecule has 0 amide bonds. The summed E-state index contributed by atoms with van der Waals surface area (Å²) in [6.07, 6.45) is 2.93. The Morgan fingerprint density at radius 3 is 2.64 bits per heavy atom. The molecule has 2 N–H and O–H groups in total. The summed E-state index contributed by atoms with van der Waals surface area (Å²) in [5, 5.41) is 6.60. The zero-order chi connectivity index (χ0) is 18.4. The lowest BCUT2D eigenvalue weighted by atomic mass is 10.2. The predicted molar refractivity (Wildman–Crippen MR) is 104 cm³/mol. The van der Waals surface area contributed by atoms with Crippen LogP contribution in [0, 0.1) is 6.92 Å². The Labute approximate surface area is 156 Å². The zero-order valence-corrected chi connectivity index (χ0v) is 16.7. The number of nitrogens with zero attached hydrogens (tertiary/aromatic N) is 1. The minimum Gasteiger partial charge on any atom is -0.383 e. The number of thiocarbonyl (C=S) groups is 1. The van der Waals surface area contributed by atoms with Gasteiger partial charge in [-0.2, -0.15) is 4.31 Å². The van der Waals surface area contributed by atoms with Crippen molar-refractivity contribution in [2.24, 2.45) is 0 Å². The number of methoxy groups -OCH3 is 1.